The van der Waals surface area contributed by atoms with Crippen molar-refractivity contribution in [2.75, 3.05) is 0 Å². The van der Waals surface area contributed by atoms with Crippen molar-refractivity contribution in [2.24, 2.45) is 0 Å². The number of imidazole rings is 1. The van der Waals surface area contributed by atoms with E-state index in [1.807, 2.05) is 0 Å². The molecule has 0 aromatic carbocycles. The molecule has 2 aromatic rings. The van der Waals surface area contributed by atoms with Crippen LogP contribution in [-0.4, -0.2) is 59.4 Å². The average Bonchev–Trinajstić information content (AvgIpc) is 2.80. The number of aliphatic hydroxyl groups excluding tert-OH is 3. The smallest absolute Gasteiger partial charge is 0.163 e. The van der Waals surface area contributed by atoms with Crippen LogP contribution in [-0.2, 0) is 11.3 Å². The Labute approximate surface area is 102 Å². The van der Waals surface area contributed by atoms with Crippen LogP contribution in [0.5, 0.6) is 0 Å². The van der Waals surface area contributed by atoms with Crippen molar-refractivity contribution in [2.45, 2.75) is 24.9 Å². The highest BCUT2D eigenvalue weighted by atomic mass is 16.4. The van der Waals surface area contributed by atoms with E-state index in [1.165, 1.54) is 23.4 Å². The lowest BCUT2D eigenvalue weighted by molar-refractivity contribution is -0.126. The molecular formula is C10H12N4O4. The molecule has 0 saturated heterocycles. The molecule has 3 atom stereocenters. The summed E-state index contributed by atoms with van der Waals surface area (Å²) in [6.07, 6.45) is -0.0281. The number of hydrogen-bond acceptors (Lipinski definition) is 7. The van der Waals surface area contributed by atoms with Crippen LogP contribution in [0.25, 0.3) is 11.2 Å². The van der Waals surface area contributed by atoms with Crippen LogP contribution in [0.2, 0.25) is 0 Å². The molecule has 2 heterocycles. The van der Waals surface area contributed by atoms with Gasteiger partial charge in [-0.15, -0.1) is 0 Å². The van der Waals surface area contributed by atoms with Crippen molar-refractivity contribution in [1.82, 2.24) is 19.5 Å². The van der Waals surface area contributed by atoms with Gasteiger partial charge in [-0.05, 0) is 0 Å². The second-order valence-corrected chi connectivity index (χ2v) is 3.81. The van der Waals surface area contributed by atoms with Crippen LogP contribution in [0.3, 0.4) is 0 Å². The second-order valence-electron chi connectivity index (χ2n) is 3.81. The van der Waals surface area contributed by atoms with E-state index in [4.69, 9.17) is 5.11 Å². The minimum absolute atomic E-state index is 0.0421. The Hall–Kier alpha value is -1.90. The fourth-order valence-electron chi connectivity index (χ4n) is 1.57. The Morgan fingerprint density at radius 1 is 1.33 bits per heavy atom. The highest BCUT2D eigenvalue weighted by molar-refractivity contribution is 5.68. The van der Waals surface area contributed by atoms with Gasteiger partial charge in [0.05, 0.1) is 19.1 Å². The monoisotopic (exact) mass is 252 g/mol. The van der Waals surface area contributed by atoms with Crippen LogP contribution in [0.15, 0.2) is 18.9 Å². The molecule has 0 radical (unpaired) electrons. The van der Waals surface area contributed by atoms with E-state index in [0.717, 1.165) is 0 Å². The molecule has 0 aliphatic rings. The van der Waals surface area contributed by atoms with Gasteiger partial charge < -0.3 is 24.7 Å². The third-order valence-electron chi connectivity index (χ3n) is 2.55. The number of fused-ring (bicyclic) bond motifs is 1. The van der Waals surface area contributed by atoms with E-state index >= 15 is 0 Å². The zero-order valence-electron chi connectivity index (χ0n) is 9.29. The van der Waals surface area contributed by atoms with Crippen molar-refractivity contribution >= 4 is 17.5 Å². The molecule has 0 aliphatic carbocycles. The molecule has 0 aliphatic heterocycles. The first-order valence-corrected chi connectivity index (χ1v) is 5.24. The number of hydrogen-bond donors (Lipinski definition) is 3. The zero-order valence-corrected chi connectivity index (χ0v) is 9.29. The summed E-state index contributed by atoms with van der Waals surface area (Å²) in [6.45, 7) is -0.0421. The Balaban J connectivity index is 2.16. The Kier molecular flexibility index (Phi) is 3.60. The minimum Gasteiger partial charge on any atom is -0.388 e. The van der Waals surface area contributed by atoms with Crippen molar-refractivity contribution in [1.29, 1.82) is 0 Å². The van der Waals surface area contributed by atoms with Gasteiger partial charge in [0.25, 0.3) is 0 Å². The molecule has 0 saturated carbocycles. The third-order valence-corrected chi connectivity index (χ3v) is 2.55. The van der Waals surface area contributed by atoms with Gasteiger partial charge in [0, 0.05) is 0 Å². The SMILES string of the molecule is O=C[C@H](O)[C@H](O)[C@H](O)Cn1cnc2cncnc21. The molecule has 18 heavy (non-hydrogen) atoms. The normalized spacial score (nSPS) is 16.4. The molecule has 0 amide bonds. The minimum atomic E-state index is -1.62. The fourth-order valence-corrected chi connectivity index (χ4v) is 1.57. The number of carbonyl (C=O) groups is 1. The number of nitrogens with zero attached hydrogens (tertiary/aromatic N) is 4. The van der Waals surface area contributed by atoms with Crippen molar-refractivity contribution < 1.29 is 20.1 Å². The lowest BCUT2D eigenvalue weighted by atomic mass is 10.1. The Bertz CT molecular complexity index is 543. The molecule has 8 nitrogen and oxygen atoms in total. The van der Waals surface area contributed by atoms with Gasteiger partial charge in [0.1, 0.15) is 30.2 Å². The largest absolute Gasteiger partial charge is 0.388 e. The van der Waals surface area contributed by atoms with Crippen LogP contribution in [0.1, 0.15) is 0 Å². The number of aromatic nitrogens is 4. The van der Waals surface area contributed by atoms with Gasteiger partial charge in [0.2, 0.25) is 0 Å². The van der Waals surface area contributed by atoms with E-state index in [2.05, 4.69) is 15.0 Å². The summed E-state index contributed by atoms with van der Waals surface area (Å²) in [5.74, 6) is 0. The Morgan fingerprint density at radius 2 is 2.11 bits per heavy atom. The molecular weight excluding hydrogens is 240 g/mol. The summed E-state index contributed by atoms with van der Waals surface area (Å²) >= 11 is 0. The highest BCUT2D eigenvalue weighted by Crippen LogP contribution is 2.10. The third kappa shape index (κ3) is 2.35. The maximum absolute atomic E-state index is 10.3. The van der Waals surface area contributed by atoms with E-state index in [9.17, 15) is 15.0 Å². The summed E-state index contributed by atoms with van der Waals surface area (Å²) < 4.78 is 1.50. The summed E-state index contributed by atoms with van der Waals surface area (Å²) in [5.41, 5.74) is 1.05. The average molecular weight is 252 g/mol. The van der Waals surface area contributed by atoms with E-state index in [-0.39, 0.29) is 12.8 Å². The van der Waals surface area contributed by atoms with Gasteiger partial charge in [-0.2, -0.15) is 0 Å². The van der Waals surface area contributed by atoms with E-state index in [1.54, 1.807) is 0 Å². The Morgan fingerprint density at radius 3 is 2.83 bits per heavy atom. The van der Waals surface area contributed by atoms with Crippen molar-refractivity contribution in [3.05, 3.63) is 18.9 Å². The topological polar surface area (TPSA) is 121 Å². The highest BCUT2D eigenvalue weighted by Gasteiger charge is 2.25. The van der Waals surface area contributed by atoms with Crippen molar-refractivity contribution in [3.63, 3.8) is 0 Å². The molecule has 2 aromatic heterocycles. The zero-order chi connectivity index (χ0) is 13.1. The lowest BCUT2D eigenvalue weighted by Crippen LogP contribution is -2.40. The standard InChI is InChI=1S/C10H12N4O4/c15-3-8(17)9(18)7(16)2-14-5-13-6-1-11-4-12-10(6)14/h1,3-5,7-9,16-18H,2H2/t7-,8+,9-/m1/s1. The lowest BCUT2D eigenvalue weighted by Gasteiger charge is -2.19. The molecule has 8 heteroatoms. The molecule has 0 spiro atoms. The second kappa shape index (κ2) is 5.17. The molecule has 0 bridgehead atoms. The molecule has 2 rings (SSSR count). The van der Waals surface area contributed by atoms with Gasteiger partial charge in [-0.3, -0.25) is 0 Å². The first kappa shape index (κ1) is 12.6. The summed E-state index contributed by atoms with van der Waals surface area (Å²) in [4.78, 5) is 22.1. The molecule has 3 N–H and O–H groups in total. The van der Waals surface area contributed by atoms with Gasteiger partial charge >= 0.3 is 0 Å². The maximum atomic E-state index is 10.3. The van der Waals surface area contributed by atoms with Gasteiger partial charge in [-0.1, -0.05) is 0 Å². The predicted octanol–water partition coefficient (Wildman–Crippen LogP) is -1.89. The maximum Gasteiger partial charge on any atom is 0.163 e. The number of rotatable bonds is 5. The van der Waals surface area contributed by atoms with E-state index < -0.39 is 18.3 Å². The van der Waals surface area contributed by atoms with Crippen molar-refractivity contribution in [3.8, 4) is 0 Å². The van der Waals surface area contributed by atoms with Crippen LogP contribution in [0, 0.1) is 0 Å². The fraction of sp³-hybridized carbons (Fsp3) is 0.400. The summed E-state index contributed by atoms with van der Waals surface area (Å²) in [7, 11) is 0. The quantitative estimate of drug-likeness (QED) is 0.532. The molecule has 0 fully saturated rings. The summed E-state index contributed by atoms with van der Waals surface area (Å²) in [5, 5.41) is 28.3. The van der Waals surface area contributed by atoms with Gasteiger partial charge in [-0.25, -0.2) is 15.0 Å². The molecule has 96 valence electrons. The first-order valence-electron chi connectivity index (χ1n) is 5.24. The summed E-state index contributed by atoms with van der Waals surface area (Å²) in [6, 6.07) is 0. The number of aliphatic hydroxyl groups is 3. The first-order chi connectivity index (χ1) is 8.63. The van der Waals surface area contributed by atoms with E-state index in [0.29, 0.717) is 11.2 Å². The number of aldehydes is 1. The molecule has 0 unspecified atom stereocenters. The van der Waals surface area contributed by atoms with Crippen LogP contribution in [0.4, 0.5) is 0 Å². The van der Waals surface area contributed by atoms with Gasteiger partial charge in [0.15, 0.2) is 11.9 Å². The number of carbonyl (C=O) groups excluding carboxylic acids is 1. The van der Waals surface area contributed by atoms with Crippen LogP contribution < -0.4 is 0 Å². The predicted molar refractivity (Wildman–Crippen MR) is 59.4 cm³/mol. The van der Waals surface area contributed by atoms with Crippen LogP contribution >= 0.6 is 0 Å².